The third-order valence-electron chi connectivity index (χ3n) is 6.45. The number of nitrogens with zero attached hydrogens (tertiary/aromatic N) is 4. The van der Waals surface area contributed by atoms with Crippen molar-refractivity contribution in [3.63, 3.8) is 0 Å². The third kappa shape index (κ3) is 4.14. The Balaban J connectivity index is 1.46. The number of aryl methyl sites for hydroxylation is 1. The molecule has 5 rings (SSSR count). The summed E-state index contributed by atoms with van der Waals surface area (Å²) in [6.45, 7) is 2.34. The Bertz CT molecular complexity index is 1480. The maximum atomic E-state index is 14.4. The summed E-state index contributed by atoms with van der Waals surface area (Å²) in [4.78, 5) is 8.56. The van der Waals surface area contributed by atoms with Gasteiger partial charge in [-0.25, -0.2) is 23.4 Å². The molecule has 2 aromatic carbocycles. The summed E-state index contributed by atoms with van der Waals surface area (Å²) in [5.41, 5.74) is -3.47. The molecular formula is C25H22F5N5O2. The fourth-order valence-corrected chi connectivity index (χ4v) is 4.75. The molecule has 2 unspecified atom stereocenters. The molecule has 0 saturated carbocycles. The molecule has 0 spiro atoms. The molecule has 4 aromatic rings. The Morgan fingerprint density at radius 1 is 1.14 bits per heavy atom. The maximum absolute atomic E-state index is 14.4. The molecule has 194 valence electrons. The third-order valence-corrected chi connectivity index (χ3v) is 6.45. The Kier molecular flexibility index (Phi) is 5.81. The predicted molar refractivity (Wildman–Crippen MR) is 125 cm³/mol. The van der Waals surface area contributed by atoms with Crippen molar-refractivity contribution in [3.05, 3.63) is 71.7 Å². The van der Waals surface area contributed by atoms with Crippen LogP contribution < -0.4 is 10.1 Å². The highest BCUT2D eigenvalue weighted by Gasteiger charge is 2.68. The number of para-hydroxylation sites is 1. The van der Waals surface area contributed by atoms with E-state index in [1.54, 1.807) is 13.0 Å². The largest absolute Gasteiger partial charge is 0.496 e. The SMILES string of the molecule is COc1ccc(F)cc1C1(C)CC(CNc2nc(C)nc3c2cnn3-c2ccccc2F)(C(F)(F)F)O1. The van der Waals surface area contributed by atoms with Gasteiger partial charge < -0.3 is 14.8 Å². The molecule has 7 nitrogen and oxygen atoms in total. The van der Waals surface area contributed by atoms with Gasteiger partial charge in [0.2, 0.25) is 0 Å². The van der Waals surface area contributed by atoms with E-state index in [0.29, 0.717) is 5.39 Å². The van der Waals surface area contributed by atoms with Gasteiger partial charge in [-0.15, -0.1) is 0 Å². The van der Waals surface area contributed by atoms with Crippen molar-refractivity contribution in [3.8, 4) is 11.4 Å². The molecule has 12 heteroatoms. The van der Waals surface area contributed by atoms with Crippen LogP contribution in [0.2, 0.25) is 0 Å². The fourth-order valence-electron chi connectivity index (χ4n) is 4.75. The van der Waals surface area contributed by atoms with Crippen LogP contribution in [0.5, 0.6) is 5.75 Å². The molecule has 1 fully saturated rings. The van der Waals surface area contributed by atoms with Crippen molar-refractivity contribution < 1.29 is 31.4 Å². The first-order valence-corrected chi connectivity index (χ1v) is 11.3. The van der Waals surface area contributed by atoms with Crippen LogP contribution in [-0.2, 0) is 10.3 Å². The van der Waals surface area contributed by atoms with Gasteiger partial charge in [0.05, 0.1) is 30.8 Å². The topological polar surface area (TPSA) is 74.1 Å². The van der Waals surface area contributed by atoms with Crippen LogP contribution in [0, 0.1) is 18.6 Å². The number of anilines is 1. The van der Waals surface area contributed by atoms with Crippen LogP contribution in [0.25, 0.3) is 16.7 Å². The number of nitrogens with one attached hydrogen (secondary N) is 1. The van der Waals surface area contributed by atoms with Gasteiger partial charge in [0, 0.05) is 12.0 Å². The van der Waals surface area contributed by atoms with E-state index in [1.807, 2.05) is 0 Å². The number of halogens is 5. The summed E-state index contributed by atoms with van der Waals surface area (Å²) < 4.78 is 83.2. The van der Waals surface area contributed by atoms with Crippen molar-refractivity contribution >= 4 is 16.9 Å². The second-order valence-electron chi connectivity index (χ2n) is 9.06. The van der Waals surface area contributed by atoms with E-state index in [-0.39, 0.29) is 34.3 Å². The van der Waals surface area contributed by atoms with Crippen LogP contribution in [0.15, 0.2) is 48.7 Å². The number of hydrogen-bond donors (Lipinski definition) is 1. The van der Waals surface area contributed by atoms with Gasteiger partial charge in [0.25, 0.3) is 0 Å². The lowest BCUT2D eigenvalue weighted by Crippen LogP contribution is -2.67. The van der Waals surface area contributed by atoms with Gasteiger partial charge in [-0.1, -0.05) is 12.1 Å². The normalized spacial score (nSPS) is 21.6. The molecule has 0 bridgehead atoms. The number of fused-ring (bicyclic) bond motifs is 1. The van der Waals surface area contributed by atoms with E-state index in [2.05, 4.69) is 20.4 Å². The average molecular weight is 519 g/mol. The molecule has 2 atom stereocenters. The highest BCUT2D eigenvalue weighted by atomic mass is 19.4. The van der Waals surface area contributed by atoms with Crippen molar-refractivity contribution in [1.29, 1.82) is 0 Å². The fraction of sp³-hybridized carbons (Fsp3) is 0.320. The van der Waals surface area contributed by atoms with Gasteiger partial charge in [-0.05, 0) is 44.2 Å². The highest BCUT2D eigenvalue weighted by Crippen LogP contribution is 2.57. The molecule has 1 aliphatic rings. The lowest BCUT2D eigenvalue weighted by atomic mass is 9.75. The monoisotopic (exact) mass is 519 g/mol. The summed E-state index contributed by atoms with van der Waals surface area (Å²) in [6, 6.07) is 9.55. The van der Waals surface area contributed by atoms with E-state index in [9.17, 15) is 22.0 Å². The second-order valence-corrected chi connectivity index (χ2v) is 9.06. The zero-order chi connectivity index (χ0) is 26.6. The highest BCUT2D eigenvalue weighted by molar-refractivity contribution is 5.87. The Morgan fingerprint density at radius 3 is 2.54 bits per heavy atom. The summed E-state index contributed by atoms with van der Waals surface area (Å²) in [6.07, 6.45) is -3.89. The van der Waals surface area contributed by atoms with Gasteiger partial charge in [0.15, 0.2) is 11.2 Å². The molecule has 37 heavy (non-hydrogen) atoms. The summed E-state index contributed by atoms with van der Waals surface area (Å²) in [5, 5.41) is 7.22. The lowest BCUT2D eigenvalue weighted by molar-refractivity contribution is -0.380. The molecule has 0 aliphatic carbocycles. The van der Waals surface area contributed by atoms with Crippen LogP contribution in [0.1, 0.15) is 24.7 Å². The second kappa shape index (κ2) is 8.65. The number of methoxy groups -OCH3 is 1. The summed E-state index contributed by atoms with van der Waals surface area (Å²) >= 11 is 0. The Morgan fingerprint density at radius 2 is 1.86 bits per heavy atom. The molecule has 1 aliphatic heterocycles. The smallest absolute Gasteiger partial charge is 0.419 e. The predicted octanol–water partition coefficient (Wildman–Crippen LogP) is 5.46. The number of rotatable bonds is 6. The average Bonchev–Trinajstić information content (AvgIpc) is 3.24. The molecule has 3 heterocycles. The van der Waals surface area contributed by atoms with Gasteiger partial charge in [-0.3, -0.25) is 0 Å². The van der Waals surface area contributed by atoms with Gasteiger partial charge >= 0.3 is 6.18 Å². The first-order valence-electron chi connectivity index (χ1n) is 11.3. The minimum atomic E-state index is -4.75. The standard InChI is InChI=1S/C25H22F5N5O2/c1-14-33-21(16-11-32-35(22(16)34-14)19-7-5-4-6-18(19)27)31-13-24(25(28,29)30)12-23(2,37-24)17-10-15(26)8-9-20(17)36-3/h4-11H,12-13H2,1-3H3,(H,31,33,34). The number of hydrogen-bond acceptors (Lipinski definition) is 6. The number of ether oxygens (including phenoxy) is 2. The zero-order valence-corrected chi connectivity index (χ0v) is 20.0. The quantitative estimate of drug-likeness (QED) is 0.341. The molecule has 2 aromatic heterocycles. The molecular weight excluding hydrogens is 497 g/mol. The summed E-state index contributed by atoms with van der Waals surface area (Å²) in [7, 11) is 1.35. The number of aromatic nitrogens is 4. The van der Waals surface area contributed by atoms with E-state index >= 15 is 0 Å². The number of benzene rings is 2. The first-order chi connectivity index (χ1) is 17.5. The molecule has 0 amide bonds. The van der Waals surface area contributed by atoms with Crippen LogP contribution in [0.3, 0.4) is 0 Å². The molecule has 1 N–H and O–H groups in total. The van der Waals surface area contributed by atoms with Crippen molar-refractivity contribution in [2.75, 3.05) is 19.0 Å². The molecule has 1 saturated heterocycles. The van der Waals surface area contributed by atoms with Gasteiger partial charge in [0.1, 0.15) is 34.7 Å². The van der Waals surface area contributed by atoms with E-state index in [4.69, 9.17) is 9.47 Å². The van der Waals surface area contributed by atoms with Gasteiger partial charge in [-0.2, -0.15) is 18.3 Å². The minimum Gasteiger partial charge on any atom is -0.496 e. The summed E-state index contributed by atoms with van der Waals surface area (Å²) in [5.74, 6) is -0.591. The van der Waals surface area contributed by atoms with Crippen LogP contribution in [0.4, 0.5) is 27.8 Å². The molecule has 0 radical (unpaired) electrons. The van der Waals surface area contributed by atoms with Crippen LogP contribution >= 0.6 is 0 Å². The first kappa shape index (κ1) is 24.9. The van der Waals surface area contributed by atoms with E-state index in [0.717, 1.165) is 12.1 Å². The zero-order valence-electron chi connectivity index (χ0n) is 20.0. The van der Waals surface area contributed by atoms with Crippen molar-refractivity contribution in [2.24, 2.45) is 0 Å². The van der Waals surface area contributed by atoms with E-state index < -0.39 is 42.0 Å². The minimum absolute atomic E-state index is 0.0919. The lowest BCUT2D eigenvalue weighted by Gasteiger charge is -2.55. The van der Waals surface area contributed by atoms with Crippen molar-refractivity contribution in [1.82, 2.24) is 19.7 Å². The maximum Gasteiger partial charge on any atom is 0.419 e. The Hall–Kier alpha value is -3.80. The number of alkyl halides is 3. The van der Waals surface area contributed by atoms with E-state index in [1.165, 1.54) is 49.2 Å². The van der Waals surface area contributed by atoms with Crippen LogP contribution in [-0.4, -0.2) is 45.2 Å². The van der Waals surface area contributed by atoms with Crippen molar-refractivity contribution in [2.45, 2.75) is 37.6 Å². The Labute approximate surface area is 208 Å².